The fraction of sp³-hybridized carbons (Fsp3) is 0.353. The third-order valence-electron chi connectivity index (χ3n) is 3.81. The summed E-state index contributed by atoms with van der Waals surface area (Å²) in [6.07, 6.45) is 5.04. The number of benzene rings is 1. The number of nitrogens with one attached hydrogen (secondary N) is 1. The van der Waals surface area contributed by atoms with E-state index in [1.54, 1.807) is 0 Å². The summed E-state index contributed by atoms with van der Waals surface area (Å²) in [7, 11) is 0. The minimum atomic E-state index is 0.915. The summed E-state index contributed by atoms with van der Waals surface area (Å²) in [5.41, 5.74) is 5.46. The first-order valence-electron chi connectivity index (χ1n) is 7.34. The largest absolute Gasteiger partial charge is 0.361 e. The average molecular weight is 267 g/mol. The lowest BCUT2D eigenvalue weighted by molar-refractivity contribution is 0.672. The molecule has 0 spiro atoms. The second-order valence-corrected chi connectivity index (χ2v) is 5.31. The van der Waals surface area contributed by atoms with Crippen molar-refractivity contribution in [2.24, 2.45) is 0 Å². The molecule has 0 atom stereocenters. The molecule has 1 aliphatic heterocycles. The Labute approximate surface area is 120 Å². The highest BCUT2D eigenvalue weighted by Gasteiger charge is 2.20. The fourth-order valence-electron chi connectivity index (χ4n) is 2.75. The first-order chi connectivity index (χ1) is 9.88. The van der Waals surface area contributed by atoms with Crippen molar-refractivity contribution in [1.29, 1.82) is 0 Å². The molecule has 0 aliphatic carbocycles. The molecule has 0 bridgehead atoms. The number of hydrogen-bond donors (Lipinski definition) is 1. The molecule has 0 saturated heterocycles. The summed E-state index contributed by atoms with van der Waals surface area (Å²) in [6.45, 7) is 6.14. The fourth-order valence-corrected chi connectivity index (χ4v) is 2.75. The zero-order valence-electron chi connectivity index (χ0n) is 12.0. The molecule has 3 heteroatoms. The summed E-state index contributed by atoms with van der Waals surface area (Å²) in [5, 5.41) is 3.48. The van der Waals surface area contributed by atoms with Crippen LogP contribution in [-0.4, -0.2) is 11.5 Å². The third-order valence-corrected chi connectivity index (χ3v) is 3.81. The lowest BCUT2D eigenvalue weighted by atomic mass is 10.1. The Hall–Kier alpha value is -1.87. The Morgan fingerprint density at radius 2 is 1.90 bits per heavy atom. The number of aromatic nitrogens is 1. The zero-order valence-corrected chi connectivity index (χ0v) is 12.0. The molecule has 0 saturated carbocycles. The van der Waals surface area contributed by atoms with Crippen LogP contribution in [0.15, 0.2) is 42.7 Å². The Morgan fingerprint density at radius 1 is 1.15 bits per heavy atom. The van der Waals surface area contributed by atoms with E-state index >= 15 is 0 Å². The van der Waals surface area contributed by atoms with Crippen molar-refractivity contribution in [3.63, 3.8) is 0 Å². The molecule has 1 aliphatic rings. The van der Waals surface area contributed by atoms with Crippen molar-refractivity contribution in [3.05, 3.63) is 59.4 Å². The zero-order chi connectivity index (χ0) is 13.8. The van der Waals surface area contributed by atoms with Crippen molar-refractivity contribution in [1.82, 2.24) is 10.3 Å². The topological polar surface area (TPSA) is 28.2 Å². The smallest absolute Gasteiger partial charge is 0.0604 e. The van der Waals surface area contributed by atoms with Gasteiger partial charge in [-0.25, -0.2) is 0 Å². The number of fused-ring (bicyclic) bond motifs is 1. The Morgan fingerprint density at radius 3 is 2.60 bits per heavy atom. The van der Waals surface area contributed by atoms with Gasteiger partial charge in [0.25, 0.3) is 0 Å². The number of rotatable bonds is 5. The van der Waals surface area contributed by atoms with Crippen molar-refractivity contribution in [3.8, 4) is 0 Å². The maximum Gasteiger partial charge on any atom is 0.0604 e. The van der Waals surface area contributed by atoms with E-state index in [4.69, 9.17) is 0 Å². The van der Waals surface area contributed by atoms with Gasteiger partial charge in [0.2, 0.25) is 0 Å². The van der Waals surface area contributed by atoms with E-state index in [9.17, 15) is 0 Å². The quantitative estimate of drug-likeness (QED) is 0.844. The molecule has 2 heterocycles. The van der Waals surface area contributed by atoms with Gasteiger partial charge in [0.1, 0.15) is 0 Å². The summed E-state index contributed by atoms with van der Waals surface area (Å²) in [6, 6.07) is 10.8. The Bertz CT molecular complexity index is 555. The van der Waals surface area contributed by atoms with E-state index in [0.29, 0.717) is 0 Å². The molecule has 3 nitrogen and oxygen atoms in total. The van der Waals surface area contributed by atoms with Crippen LogP contribution < -0.4 is 10.2 Å². The molecule has 104 valence electrons. The van der Waals surface area contributed by atoms with Gasteiger partial charge in [-0.15, -0.1) is 0 Å². The van der Waals surface area contributed by atoms with E-state index in [1.807, 2.05) is 12.4 Å². The van der Waals surface area contributed by atoms with E-state index < -0.39 is 0 Å². The van der Waals surface area contributed by atoms with E-state index in [1.165, 1.54) is 22.4 Å². The van der Waals surface area contributed by atoms with E-state index in [0.717, 1.165) is 32.6 Å². The molecule has 1 N–H and O–H groups in total. The van der Waals surface area contributed by atoms with Gasteiger partial charge in [-0.2, -0.15) is 0 Å². The summed E-state index contributed by atoms with van der Waals surface area (Å²) in [4.78, 5) is 6.73. The van der Waals surface area contributed by atoms with Crippen molar-refractivity contribution in [2.45, 2.75) is 33.0 Å². The van der Waals surface area contributed by atoms with Crippen LogP contribution in [0.1, 0.15) is 30.0 Å². The highest BCUT2D eigenvalue weighted by atomic mass is 15.2. The van der Waals surface area contributed by atoms with Gasteiger partial charge in [0, 0.05) is 25.8 Å². The highest BCUT2D eigenvalue weighted by Crippen LogP contribution is 2.29. The van der Waals surface area contributed by atoms with Crippen LogP contribution in [0, 0.1) is 0 Å². The monoisotopic (exact) mass is 267 g/mol. The van der Waals surface area contributed by atoms with E-state index in [-0.39, 0.29) is 0 Å². The highest BCUT2D eigenvalue weighted by molar-refractivity contribution is 5.55. The maximum absolute atomic E-state index is 4.31. The average Bonchev–Trinajstić information content (AvgIpc) is 2.92. The molecular formula is C17H21N3. The normalized spacial score (nSPS) is 13.6. The molecule has 0 unspecified atom stereocenters. The maximum atomic E-state index is 4.31. The van der Waals surface area contributed by atoms with Crippen LogP contribution in [0.25, 0.3) is 0 Å². The molecule has 1 aromatic heterocycles. The number of anilines is 1. The van der Waals surface area contributed by atoms with Crippen molar-refractivity contribution in [2.75, 3.05) is 11.4 Å². The molecule has 0 fully saturated rings. The molecule has 1 aromatic carbocycles. The number of hydrogen-bond acceptors (Lipinski definition) is 3. The predicted octanol–water partition coefficient (Wildman–Crippen LogP) is 3.10. The van der Waals surface area contributed by atoms with E-state index in [2.05, 4.69) is 52.5 Å². The number of nitrogens with zero attached hydrogens (tertiary/aromatic N) is 2. The minimum absolute atomic E-state index is 0.915. The third kappa shape index (κ3) is 2.68. The van der Waals surface area contributed by atoms with Crippen LogP contribution in [0.4, 0.5) is 5.69 Å². The van der Waals surface area contributed by atoms with Crippen LogP contribution >= 0.6 is 0 Å². The molecule has 0 radical (unpaired) electrons. The van der Waals surface area contributed by atoms with Gasteiger partial charge >= 0.3 is 0 Å². The second-order valence-electron chi connectivity index (χ2n) is 5.31. The minimum Gasteiger partial charge on any atom is -0.361 e. The first kappa shape index (κ1) is 13.1. The summed E-state index contributed by atoms with van der Waals surface area (Å²) < 4.78 is 0. The van der Waals surface area contributed by atoms with Gasteiger partial charge in [-0.1, -0.05) is 31.2 Å². The molecular weight excluding hydrogens is 246 g/mol. The van der Waals surface area contributed by atoms with Crippen LogP contribution in [0.3, 0.4) is 0 Å². The second kappa shape index (κ2) is 6.06. The van der Waals surface area contributed by atoms with Gasteiger partial charge in [-0.3, -0.25) is 4.98 Å². The van der Waals surface area contributed by atoms with Gasteiger partial charge in [0.15, 0.2) is 0 Å². The summed E-state index contributed by atoms with van der Waals surface area (Å²) in [5.74, 6) is 0. The van der Waals surface area contributed by atoms with Crippen molar-refractivity contribution < 1.29 is 0 Å². The van der Waals surface area contributed by atoms with Crippen LogP contribution in [0.2, 0.25) is 0 Å². The molecule has 2 aromatic rings. The SMILES string of the molecule is CCCNCc1ccncc1N1Cc2ccccc2C1. The van der Waals surface area contributed by atoms with Gasteiger partial charge in [0.05, 0.1) is 11.9 Å². The lowest BCUT2D eigenvalue weighted by Crippen LogP contribution is -2.20. The standard InChI is InChI=1S/C17H21N3/c1-2-8-18-10-14-7-9-19-11-17(14)20-12-15-5-3-4-6-16(15)13-20/h3-7,9,11,18H,2,8,10,12-13H2,1H3. The van der Waals surface area contributed by atoms with Gasteiger partial charge in [-0.05, 0) is 35.7 Å². The van der Waals surface area contributed by atoms with Gasteiger partial charge < -0.3 is 10.2 Å². The number of pyridine rings is 1. The summed E-state index contributed by atoms with van der Waals surface area (Å²) >= 11 is 0. The molecule has 20 heavy (non-hydrogen) atoms. The van der Waals surface area contributed by atoms with Crippen LogP contribution in [0.5, 0.6) is 0 Å². The predicted molar refractivity (Wildman–Crippen MR) is 82.6 cm³/mol. The van der Waals surface area contributed by atoms with Crippen LogP contribution in [-0.2, 0) is 19.6 Å². The molecule has 3 rings (SSSR count). The van der Waals surface area contributed by atoms with Crippen molar-refractivity contribution >= 4 is 5.69 Å². The molecule has 0 amide bonds. The Kier molecular flexibility index (Phi) is 3.97. The lowest BCUT2D eigenvalue weighted by Gasteiger charge is -2.21. The Balaban J connectivity index is 1.78. The first-order valence-corrected chi connectivity index (χ1v) is 7.34.